The molecule has 4 rings (SSSR count). The monoisotopic (exact) mass is 302 g/mol. The van der Waals surface area contributed by atoms with E-state index in [1.807, 2.05) is 0 Å². The lowest BCUT2D eigenvalue weighted by atomic mass is 9.55. The fraction of sp³-hybridized carbons (Fsp3) is 0.900. The smallest absolute Gasteiger partial charge is 0.140 e. The minimum Gasteiger partial charge on any atom is -0.299 e. The van der Waals surface area contributed by atoms with E-state index in [1.54, 1.807) is 0 Å². The summed E-state index contributed by atoms with van der Waals surface area (Å²) in [4.78, 5) is 26.0. The van der Waals surface area contributed by atoms with Gasteiger partial charge in [0.1, 0.15) is 11.6 Å². The molecule has 0 radical (unpaired) electrons. The first kappa shape index (κ1) is 14.9. The Morgan fingerprint density at radius 2 is 1.05 bits per heavy atom. The summed E-state index contributed by atoms with van der Waals surface area (Å²) >= 11 is 0. The van der Waals surface area contributed by atoms with Gasteiger partial charge in [0.2, 0.25) is 0 Å². The number of rotatable bonds is 1. The van der Waals surface area contributed by atoms with Crippen molar-refractivity contribution < 1.29 is 9.59 Å². The highest BCUT2D eigenvalue weighted by Crippen LogP contribution is 2.68. The maximum Gasteiger partial charge on any atom is 0.140 e. The van der Waals surface area contributed by atoms with Crippen LogP contribution in [0.4, 0.5) is 0 Å². The van der Waals surface area contributed by atoms with Crippen LogP contribution in [0, 0.1) is 58.2 Å². The topological polar surface area (TPSA) is 34.1 Å². The Kier molecular flexibility index (Phi) is 2.74. The van der Waals surface area contributed by atoms with E-state index in [9.17, 15) is 9.59 Å². The molecular weight excluding hydrogens is 272 g/mol. The summed E-state index contributed by atoms with van der Waals surface area (Å²) < 4.78 is 0. The van der Waals surface area contributed by atoms with Crippen LogP contribution in [0.15, 0.2) is 0 Å². The summed E-state index contributed by atoms with van der Waals surface area (Å²) in [6, 6.07) is 0. The summed E-state index contributed by atoms with van der Waals surface area (Å²) in [7, 11) is 0. The van der Waals surface area contributed by atoms with Crippen molar-refractivity contribution in [3.8, 4) is 0 Å². The Morgan fingerprint density at radius 1 is 0.727 bits per heavy atom. The summed E-state index contributed by atoms with van der Waals surface area (Å²) in [6.07, 6.45) is 2.07. The van der Waals surface area contributed by atoms with Gasteiger partial charge in [-0.3, -0.25) is 9.59 Å². The van der Waals surface area contributed by atoms with Gasteiger partial charge in [-0.1, -0.05) is 41.5 Å². The molecule has 4 saturated carbocycles. The zero-order valence-corrected chi connectivity index (χ0v) is 14.8. The molecule has 0 spiro atoms. The lowest BCUT2D eigenvalue weighted by Gasteiger charge is -2.47. The zero-order valence-electron chi connectivity index (χ0n) is 14.8. The Morgan fingerprint density at radius 3 is 1.32 bits per heavy atom. The van der Waals surface area contributed by atoms with E-state index >= 15 is 0 Å². The van der Waals surface area contributed by atoms with Crippen molar-refractivity contribution >= 4 is 11.6 Å². The van der Waals surface area contributed by atoms with Crippen molar-refractivity contribution in [3.63, 3.8) is 0 Å². The Hall–Kier alpha value is -0.660. The molecule has 0 aromatic heterocycles. The van der Waals surface area contributed by atoms with Crippen LogP contribution in [0.1, 0.15) is 54.4 Å². The van der Waals surface area contributed by atoms with Gasteiger partial charge in [0.05, 0.1) is 0 Å². The second kappa shape index (κ2) is 4.05. The maximum absolute atomic E-state index is 13.0. The first-order valence-corrected chi connectivity index (χ1v) is 9.17. The lowest BCUT2D eigenvalue weighted by Crippen LogP contribution is -2.50. The van der Waals surface area contributed by atoms with Crippen LogP contribution in [0.3, 0.4) is 0 Å². The van der Waals surface area contributed by atoms with E-state index in [1.165, 1.54) is 0 Å². The first-order chi connectivity index (χ1) is 10.1. The summed E-state index contributed by atoms with van der Waals surface area (Å²) in [6.45, 7) is 13.8. The van der Waals surface area contributed by atoms with Crippen molar-refractivity contribution in [1.29, 1.82) is 0 Å². The van der Waals surface area contributed by atoms with Crippen LogP contribution in [0.25, 0.3) is 0 Å². The molecule has 0 aromatic carbocycles. The van der Waals surface area contributed by atoms with Crippen LogP contribution in [-0.4, -0.2) is 11.6 Å². The van der Waals surface area contributed by atoms with E-state index in [2.05, 4.69) is 41.5 Å². The second-order valence-corrected chi connectivity index (χ2v) is 9.97. The molecule has 22 heavy (non-hydrogen) atoms. The van der Waals surface area contributed by atoms with E-state index in [0.717, 1.165) is 12.8 Å². The third-order valence-electron chi connectivity index (χ3n) is 9.12. The van der Waals surface area contributed by atoms with Crippen LogP contribution in [0.5, 0.6) is 0 Å². The van der Waals surface area contributed by atoms with Gasteiger partial charge in [0.15, 0.2) is 0 Å². The summed E-state index contributed by atoms with van der Waals surface area (Å²) in [5, 5.41) is 0. The molecule has 0 aliphatic heterocycles. The quantitative estimate of drug-likeness (QED) is 0.734. The zero-order chi connectivity index (χ0) is 16.2. The number of Topliss-reactive ketones (excluding diaryl/α,β-unsaturated/α-hetero) is 2. The minimum absolute atomic E-state index is 0.0328. The molecule has 4 aliphatic carbocycles. The second-order valence-electron chi connectivity index (χ2n) is 9.97. The highest BCUT2D eigenvalue weighted by molar-refractivity contribution is 5.96. The van der Waals surface area contributed by atoms with Gasteiger partial charge in [-0.15, -0.1) is 0 Å². The van der Waals surface area contributed by atoms with E-state index < -0.39 is 0 Å². The molecule has 0 aromatic rings. The molecule has 2 nitrogen and oxygen atoms in total. The maximum atomic E-state index is 13.0. The third kappa shape index (κ3) is 1.43. The molecule has 4 aliphatic rings. The number of ketones is 2. The Labute approximate surface area is 134 Å². The SMILES string of the molecule is C[C@@H]1[C@H]2C[C@H]([C@H]([C@@H]3C(=O)[C@@H]4C[C@H]3C(C)(C)[C@H]4C)C2=O)C1(C)C. The van der Waals surface area contributed by atoms with Crippen LogP contribution < -0.4 is 0 Å². The molecule has 8 atom stereocenters. The molecule has 0 heterocycles. The van der Waals surface area contributed by atoms with E-state index in [-0.39, 0.29) is 34.5 Å². The average Bonchev–Trinajstić information content (AvgIpc) is 3.06. The number of carbonyl (C=O) groups excluding carboxylic acids is 2. The molecule has 0 amide bonds. The largest absolute Gasteiger partial charge is 0.299 e. The van der Waals surface area contributed by atoms with Crippen molar-refractivity contribution in [2.24, 2.45) is 58.2 Å². The third-order valence-corrected chi connectivity index (χ3v) is 9.12. The average molecular weight is 302 g/mol. The molecule has 4 bridgehead atoms. The number of hydrogen-bond donors (Lipinski definition) is 0. The van der Waals surface area contributed by atoms with Gasteiger partial charge in [-0.2, -0.15) is 0 Å². The molecule has 2 heteroatoms. The predicted octanol–water partition coefficient (Wildman–Crippen LogP) is 3.98. The van der Waals surface area contributed by atoms with Gasteiger partial charge < -0.3 is 0 Å². The predicted molar refractivity (Wildman–Crippen MR) is 86.1 cm³/mol. The minimum atomic E-state index is 0.0328. The number of carbonyl (C=O) groups is 2. The highest BCUT2D eigenvalue weighted by atomic mass is 16.1. The van der Waals surface area contributed by atoms with Gasteiger partial charge in [0.25, 0.3) is 0 Å². The van der Waals surface area contributed by atoms with E-state index in [0.29, 0.717) is 35.2 Å². The van der Waals surface area contributed by atoms with Gasteiger partial charge in [-0.05, 0) is 47.3 Å². The molecule has 0 N–H and O–H groups in total. The van der Waals surface area contributed by atoms with Gasteiger partial charge in [0, 0.05) is 23.7 Å². The summed E-state index contributed by atoms with van der Waals surface area (Å²) in [5.74, 6) is 3.19. The van der Waals surface area contributed by atoms with Crippen LogP contribution in [0.2, 0.25) is 0 Å². The van der Waals surface area contributed by atoms with Crippen LogP contribution in [-0.2, 0) is 9.59 Å². The Balaban J connectivity index is 1.72. The molecular formula is C20H30O2. The standard InChI is InChI=1S/C20H30O2/c1-9-11-7-13(19(9,3)4)15(17(11)21)16-14-8-12(18(16)22)10(2)20(14,5)6/h9-16H,7-8H2,1-6H3/t9-,10+,11-,12-,13-,14-,15-,16-/m1/s1. The van der Waals surface area contributed by atoms with Gasteiger partial charge in [-0.25, -0.2) is 0 Å². The normalized spacial score (nSPS) is 54.5. The molecule has 0 unspecified atom stereocenters. The Bertz CT molecular complexity index is 508. The summed E-state index contributed by atoms with van der Waals surface area (Å²) in [5.41, 5.74) is 0.419. The first-order valence-electron chi connectivity index (χ1n) is 9.17. The van der Waals surface area contributed by atoms with Crippen molar-refractivity contribution in [3.05, 3.63) is 0 Å². The number of hydrogen-bond acceptors (Lipinski definition) is 2. The number of fused-ring (bicyclic) bond motifs is 4. The van der Waals surface area contributed by atoms with Crippen molar-refractivity contribution in [2.75, 3.05) is 0 Å². The van der Waals surface area contributed by atoms with Crippen molar-refractivity contribution in [1.82, 2.24) is 0 Å². The molecule has 122 valence electrons. The fourth-order valence-electron chi connectivity index (χ4n) is 6.96. The fourth-order valence-corrected chi connectivity index (χ4v) is 6.96. The molecule has 4 fully saturated rings. The van der Waals surface area contributed by atoms with Crippen molar-refractivity contribution in [2.45, 2.75) is 54.4 Å². The highest BCUT2D eigenvalue weighted by Gasteiger charge is 2.68. The van der Waals surface area contributed by atoms with E-state index in [4.69, 9.17) is 0 Å². The van der Waals surface area contributed by atoms with Gasteiger partial charge >= 0.3 is 0 Å². The van der Waals surface area contributed by atoms with Crippen LogP contribution >= 0.6 is 0 Å². The molecule has 0 saturated heterocycles. The lowest BCUT2D eigenvalue weighted by molar-refractivity contribution is -0.145.